The normalized spacial score (nSPS) is 12.7. The Bertz CT molecular complexity index is 705. The van der Waals surface area contributed by atoms with Crippen LogP contribution in [-0.2, 0) is 0 Å². The molecule has 0 aliphatic carbocycles. The molecule has 0 radical (unpaired) electrons. The van der Waals surface area contributed by atoms with E-state index in [4.69, 9.17) is 4.42 Å². The number of hydrogen-bond acceptors (Lipinski definition) is 2. The molecule has 96 valence electrons. The zero-order valence-electron chi connectivity index (χ0n) is 10.6. The van der Waals surface area contributed by atoms with Crippen LogP contribution in [0.1, 0.15) is 17.4 Å². The molecule has 3 rings (SSSR count). The molecule has 1 heterocycles. The van der Waals surface area contributed by atoms with Gasteiger partial charge in [0.1, 0.15) is 5.76 Å². The van der Waals surface area contributed by atoms with E-state index in [0.29, 0.717) is 0 Å². The number of halogens is 1. The quantitative estimate of drug-likeness (QED) is 0.769. The van der Waals surface area contributed by atoms with Crippen molar-refractivity contribution in [3.05, 3.63) is 70.6 Å². The molecule has 0 aliphatic rings. The lowest BCUT2D eigenvalue weighted by Gasteiger charge is -2.15. The van der Waals surface area contributed by atoms with Crippen molar-refractivity contribution in [1.29, 1.82) is 0 Å². The maximum Gasteiger partial charge on any atom is 0.139 e. The van der Waals surface area contributed by atoms with Gasteiger partial charge in [-0.2, -0.15) is 0 Å². The second-order valence-corrected chi connectivity index (χ2v) is 5.32. The van der Waals surface area contributed by atoms with Gasteiger partial charge in [0, 0.05) is 0 Å². The zero-order chi connectivity index (χ0) is 13.2. The van der Waals surface area contributed by atoms with E-state index in [-0.39, 0.29) is 6.04 Å². The highest BCUT2D eigenvalue weighted by Crippen LogP contribution is 2.30. The fourth-order valence-corrected chi connectivity index (χ4v) is 2.78. The summed E-state index contributed by atoms with van der Waals surface area (Å²) in [6.07, 6.45) is 1.70. The molecule has 0 bridgehead atoms. The molecule has 0 fully saturated rings. The summed E-state index contributed by atoms with van der Waals surface area (Å²) >= 11 is 3.52. The van der Waals surface area contributed by atoms with Crippen LogP contribution in [0.15, 0.2) is 63.7 Å². The monoisotopic (exact) mass is 315 g/mol. The Hall–Kier alpha value is -1.58. The highest BCUT2D eigenvalue weighted by molar-refractivity contribution is 9.10. The Morgan fingerprint density at radius 2 is 1.84 bits per heavy atom. The van der Waals surface area contributed by atoms with Crippen LogP contribution in [0.4, 0.5) is 0 Å². The largest absolute Gasteiger partial charge is 0.466 e. The van der Waals surface area contributed by atoms with Gasteiger partial charge in [0.25, 0.3) is 0 Å². The van der Waals surface area contributed by atoms with Crippen LogP contribution < -0.4 is 5.32 Å². The lowest BCUT2D eigenvalue weighted by atomic mass is 10.0. The van der Waals surface area contributed by atoms with Crippen LogP contribution in [0.3, 0.4) is 0 Å². The van der Waals surface area contributed by atoms with Gasteiger partial charge in [0.2, 0.25) is 0 Å². The van der Waals surface area contributed by atoms with Crippen molar-refractivity contribution in [3.8, 4) is 0 Å². The van der Waals surface area contributed by atoms with E-state index in [1.165, 1.54) is 16.3 Å². The summed E-state index contributed by atoms with van der Waals surface area (Å²) in [5, 5.41) is 5.79. The average Bonchev–Trinajstić information content (AvgIpc) is 2.86. The number of furan rings is 1. The summed E-state index contributed by atoms with van der Waals surface area (Å²) in [5.74, 6) is 0.901. The number of hydrogen-bond donors (Lipinski definition) is 1. The molecule has 0 saturated heterocycles. The molecule has 3 heteroatoms. The van der Waals surface area contributed by atoms with Gasteiger partial charge >= 0.3 is 0 Å². The number of nitrogens with one attached hydrogen (secondary N) is 1. The molecule has 1 N–H and O–H groups in total. The summed E-state index contributed by atoms with van der Waals surface area (Å²) in [7, 11) is 1.94. The predicted molar refractivity (Wildman–Crippen MR) is 81.3 cm³/mol. The molecule has 1 unspecified atom stereocenters. The predicted octanol–water partition coefficient (Wildman–Crippen LogP) is 4.50. The molecule has 0 aliphatic heterocycles. The van der Waals surface area contributed by atoms with Crippen molar-refractivity contribution in [3.63, 3.8) is 0 Å². The first-order chi connectivity index (χ1) is 9.29. The number of rotatable bonds is 3. The zero-order valence-corrected chi connectivity index (χ0v) is 12.1. The summed E-state index contributed by atoms with van der Waals surface area (Å²) in [6, 6.07) is 16.8. The first-order valence-corrected chi connectivity index (χ1v) is 6.98. The van der Waals surface area contributed by atoms with Gasteiger partial charge in [0.15, 0.2) is 0 Å². The van der Waals surface area contributed by atoms with Crippen molar-refractivity contribution in [2.24, 2.45) is 0 Å². The minimum Gasteiger partial charge on any atom is -0.466 e. The van der Waals surface area contributed by atoms with Crippen LogP contribution in [0.5, 0.6) is 0 Å². The SMILES string of the molecule is CNC(c1ccc2ccccc2c1)c1occc1Br. The summed E-state index contributed by atoms with van der Waals surface area (Å²) in [5.41, 5.74) is 1.19. The highest BCUT2D eigenvalue weighted by Gasteiger charge is 2.18. The van der Waals surface area contributed by atoms with Crippen molar-refractivity contribution >= 4 is 26.7 Å². The molecule has 3 aromatic rings. The van der Waals surface area contributed by atoms with Crippen LogP contribution >= 0.6 is 15.9 Å². The average molecular weight is 316 g/mol. The molecule has 1 aromatic heterocycles. The van der Waals surface area contributed by atoms with E-state index in [9.17, 15) is 0 Å². The molecule has 0 spiro atoms. The fourth-order valence-electron chi connectivity index (χ4n) is 2.35. The number of benzene rings is 2. The van der Waals surface area contributed by atoms with E-state index in [1.54, 1.807) is 6.26 Å². The summed E-state index contributed by atoms with van der Waals surface area (Å²) in [4.78, 5) is 0. The van der Waals surface area contributed by atoms with Crippen LogP contribution in [0.25, 0.3) is 10.8 Å². The molecule has 1 atom stereocenters. The van der Waals surface area contributed by atoms with Crippen molar-refractivity contribution in [2.75, 3.05) is 7.05 Å². The Balaban J connectivity index is 2.09. The first kappa shape index (κ1) is 12.5. The lowest BCUT2D eigenvalue weighted by Crippen LogP contribution is -2.17. The summed E-state index contributed by atoms with van der Waals surface area (Å²) < 4.78 is 6.56. The summed E-state index contributed by atoms with van der Waals surface area (Å²) in [6.45, 7) is 0. The topological polar surface area (TPSA) is 25.2 Å². The molecular formula is C16H14BrNO. The molecule has 0 amide bonds. The van der Waals surface area contributed by atoms with E-state index in [1.807, 2.05) is 13.1 Å². The van der Waals surface area contributed by atoms with Crippen LogP contribution in [-0.4, -0.2) is 7.05 Å². The van der Waals surface area contributed by atoms with Gasteiger partial charge in [-0.15, -0.1) is 0 Å². The third kappa shape index (κ3) is 2.31. The van der Waals surface area contributed by atoms with Gasteiger partial charge in [-0.25, -0.2) is 0 Å². The maximum atomic E-state index is 5.57. The smallest absolute Gasteiger partial charge is 0.139 e. The Labute approximate surface area is 120 Å². The lowest BCUT2D eigenvalue weighted by molar-refractivity contribution is 0.461. The minimum absolute atomic E-state index is 0.0500. The van der Waals surface area contributed by atoms with E-state index in [0.717, 1.165) is 10.2 Å². The van der Waals surface area contributed by atoms with Crippen LogP contribution in [0, 0.1) is 0 Å². The third-order valence-electron chi connectivity index (χ3n) is 3.30. The van der Waals surface area contributed by atoms with Crippen LogP contribution in [0.2, 0.25) is 0 Å². The highest BCUT2D eigenvalue weighted by atomic mass is 79.9. The second-order valence-electron chi connectivity index (χ2n) is 4.46. The molecule has 2 nitrogen and oxygen atoms in total. The van der Waals surface area contributed by atoms with Gasteiger partial charge in [-0.05, 0) is 51.4 Å². The number of fused-ring (bicyclic) bond motifs is 1. The fraction of sp³-hybridized carbons (Fsp3) is 0.125. The van der Waals surface area contributed by atoms with E-state index in [2.05, 4.69) is 63.7 Å². The molecule has 0 saturated carbocycles. The van der Waals surface area contributed by atoms with Gasteiger partial charge < -0.3 is 9.73 Å². The van der Waals surface area contributed by atoms with Crippen molar-refractivity contribution in [1.82, 2.24) is 5.32 Å². The molecule has 2 aromatic carbocycles. The Morgan fingerprint density at radius 3 is 2.53 bits per heavy atom. The van der Waals surface area contributed by atoms with Gasteiger partial charge in [0.05, 0.1) is 16.8 Å². The third-order valence-corrected chi connectivity index (χ3v) is 3.96. The minimum atomic E-state index is 0.0500. The van der Waals surface area contributed by atoms with E-state index >= 15 is 0 Å². The Kier molecular flexibility index (Phi) is 3.40. The van der Waals surface area contributed by atoms with Crippen molar-refractivity contribution in [2.45, 2.75) is 6.04 Å². The Morgan fingerprint density at radius 1 is 1.05 bits per heavy atom. The maximum absolute atomic E-state index is 5.57. The van der Waals surface area contributed by atoms with Crippen molar-refractivity contribution < 1.29 is 4.42 Å². The van der Waals surface area contributed by atoms with E-state index < -0.39 is 0 Å². The molecular weight excluding hydrogens is 302 g/mol. The second kappa shape index (κ2) is 5.19. The molecule has 19 heavy (non-hydrogen) atoms. The standard InChI is InChI=1S/C16H14BrNO/c1-18-15(16-14(17)8-9-19-16)13-7-6-11-4-2-3-5-12(11)10-13/h2-10,15,18H,1H3. The van der Waals surface area contributed by atoms with Gasteiger partial charge in [-0.3, -0.25) is 0 Å². The van der Waals surface area contributed by atoms with Gasteiger partial charge in [-0.1, -0.05) is 36.4 Å². The first-order valence-electron chi connectivity index (χ1n) is 6.18.